The molecule has 0 bridgehead atoms. The second kappa shape index (κ2) is 7.22. The molecule has 84 valence electrons. The van der Waals surface area contributed by atoms with Crippen molar-refractivity contribution in [2.45, 2.75) is 47.5 Å². The first-order valence-corrected chi connectivity index (χ1v) is 5.77. The molecule has 0 spiro atoms. The molecule has 1 heterocycles. The summed E-state index contributed by atoms with van der Waals surface area (Å²) in [4.78, 5) is 4.46. The Bertz CT molecular complexity index is 313. The van der Waals surface area contributed by atoms with Crippen molar-refractivity contribution in [2.24, 2.45) is 0 Å². The fraction of sp³-hybridized carbons (Fsp3) is 0.500. The molecule has 0 aliphatic carbocycles. The summed E-state index contributed by atoms with van der Waals surface area (Å²) in [6.45, 7) is 14.2. The molecule has 0 atom stereocenters. The van der Waals surface area contributed by atoms with E-state index < -0.39 is 0 Å². The molecule has 0 saturated carbocycles. The lowest BCUT2D eigenvalue weighted by molar-refractivity contribution is 0.873. The summed E-state index contributed by atoms with van der Waals surface area (Å²) >= 11 is 0. The van der Waals surface area contributed by atoms with Crippen LogP contribution in [0, 0.1) is 6.92 Å². The molecular weight excluding hydrogens is 182 g/mol. The minimum atomic E-state index is 1.06. The highest BCUT2D eigenvalue weighted by Crippen LogP contribution is 2.14. The number of hydrogen-bond donors (Lipinski definition) is 0. The van der Waals surface area contributed by atoms with Crippen molar-refractivity contribution in [1.29, 1.82) is 0 Å². The lowest BCUT2D eigenvalue weighted by atomic mass is 10.1. The van der Waals surface area contributed by atoms with Crippen LogP contribution in [0.5, 0.6) is 0 Å². The highest BCUT2D eigenvalue weighted by Gasteiger charge is 1.99. The minimum Gasteiger partial charge on any atom is -0.258 e. The van der Waals surface area contributed by atoms with Crippen LogP contribution < -0.4 is 0 Å². The molecule has 0 fully saturated rings. The van der Waals surface area contributed by atoms with E-state index in [1.807, 2.05) is 27.7 Å². The van der Waals surface area contributed by atoms with Gasteiger partial charge in [-0.15, -0.1) is 0 Å². The van der Waals surface area contributed by atoms with Crippen LogP contribution in [0.1, 0.15) is 51.1 Å². The molecule has 0 aromatic carbocycles. The summed E-state index contributed by atoms with van der Waals surface area (Å²) in [5.41, 5.74) is 4.60. The van der Waals surface area contributed by atoms with Gasteiger partial charge in [-0.2, -0.15) is 0 Å². The highest BCUT2D eigenvalue weighted by atomic mass is 14.7. The predicted octanol–water partition coefficient (Wildman–Crippen LogP) is 4.40. The van der Waals surface area contributed by atoms with Crippen LogP contribution in [0.2, 0.25) is 0 Å². The van der Waals surface area contributed by atoms with Crippen LogP contribution in [0.4, 0.5) is 0 Å². The number of hydrogen-bond acceptors (Lipinski definition) is 1. The van der Waals surface area contributed by atoms with E-state index >= 15 is 0 Å². The van der Waals surface area contributed by atoms with Gasteiger partial charge in [-0.3, -0.25) is 4.98 Å². The first kappa shape index (κ1) is 13.9. The molecule has 0 amide bonds. The van der Waals surface area contributed by atoms with Gasteiger partial charge in [-0.1, -0.05) is 39.3 Å². The van der Waals surface area contributed by atoms with Crippen molar-refractivity contribution < 1.29 is 0 Å². The number of aromatic nitrogens is 1. The summed E-state index contributed by atoms with van der Waals surface area (Å²) in [6.07, 6.45) is 2.20. The second-order valence-corrected chi connectivity index (χ2v) is 3.52. The maximum Gasteiger partial charge on any atom is 0.0412 e. The predicted molar refractivity (Wildman–Crippen MR) is 69.0 cm³/mol. The monoisotopic (exact) mass is 205 g/mol. The molecule has 15 heavy (non-hydrogen) atoms. The summed E-state index contributed by atoms with van der Waals surface area (Å²) in [5.74, 6) is 0. The summed E-state index contributed by atoms with van der Waals surface area (Å²) < 4.78 is 0. The van der Waals surface area contributed by atoms with E-state index in [4.69, 9.17) is 0 Å². The Morgan fingerprint density at radius 2 is 1.93 bits per heavy atom. The van der Waals surface area contributed by atoms with Crippen molar-refractivity contribution >= 4 is 5.57 Å². The molecule has 0 radical (unpaired) electrons. The van der Waals surface area contributed by atoms with Gasteiger partial charge in [0.1, 0.15) is 0 Å². The maximum atomic E-state index is 4.46. The van der Waals surface area contributed by atoms with Crippen LogP contribution in [0.3, 0.4) is 0 Å². The van der Waals surface area contributed by atoms with Gasteiger partial charge < -0.3 is 0 Å². The van der Waals surface area contributed by atoms with Gasteiger partial charge in [-0.25, -0.2) is 0 Å². The lowest BCUT2D eigenvalue weighted by Gasteiger charge is -2.05. The molecule has 1 heteroatoms. The van der Waals surface area contributed by atoms with E-state index in [1.165, 1.54) is 11.3 Å². The van der Waals surface area contributed by atoms with E-state index in [0.717, 1.165) is 24.1 Å². The number of pyridine rings is 1. The van der Waals surface area contributed by atoms with Crippen LogP contribution in [0.25, 0.3) is 5.57 Å². The Labute approximate surface area is 94.3 Å². The molecule has 0 unspecified atom stereocenters. The Hall–Kier alpha value is -1.11. The first-order valence-electron chi connectivity index (χ1n) is 5.77. The van der Waals surface area contributed by atoms with Gasteiger partial charge >= 0.3 is 0 Å². The standard InChI is InChI=1S/C12H17N.C2H6/c1-5-6-12-8-11(9(2)3)7-10(4)13-12;1-2/h7-8H,2,5-6H2,1,3-4H3;1-2H3. The molecule has 1 aromatic heterocycles. The first-order chi connectivity index (χ1) is 7.13. The molecular formula is C14H23N. The number of nitrogens with zero attached hydrogens (tertiary/aromatic N) is 1. The van der Waals surface area contributed by atoms with E-state index in [0.29, 0.717) is 0 Å². The SMILES string of the molecule is C=C(C)c1cc(C)nc(CCC)c1.CC. The third-order valence-corrected chi connectivity index (χ3v) is 2.01. The van der Waals surface area contributed by atoms with Gasteiger partial charge in [0.2, 0.25) is 0 Å². The molecule has 0 N–H and O–H groups in total. The Kier molecular flexibility index (Phi) is 6.68. The zero-order valence-electron chi connectivity index (χ0n) is 10.7. The largest absolute Gasteiger partial charge is 0.258 e. The summed E-state index contributed by atoms with van der Waals surface area (Å²) in [5, 5.41) is 0. The maximum absolute atomic E-state index is 4.46. The zero-order valence-corrected chi connectivity index (χ0v) is 10.7. The Balaban J connectivity index is 0.000000921. The Morgan fingerprint density at radius 1 is 1.33 bits per heavy atom. The van der Waals surface area contributed by atoms with Crippen molar-refractivity contribution in [2.75, 3.05) is 0 Å². The van der Waals surface area contributed by atoms with Crippen LogP contribution in [0.15, 0.2) is 18.7 Å². The van der Waals surface area contributed by atoms with Gasteiger partial charge in [-0.05, 0) is 38.0 Å². The molecule has 0 aliphatic rings. The van der Waals surface area contributed by atoms with E-state index in [1.54, 1.807) is 0 Å². The molecule has 1 rings (SSSR count). The molecule has 0 saturated heterocycles. The quantitative estimate of drug-likeness (QED) is 0.712. The van der Waals surface area contributed by atoms with E-state index in [9.17, 15) is 0 Å². The third-order valence-electron chi connectivity index (χ3n) is 2.01. The fourth-order valence-electron chi connectivity index (χ4n) is 1.37. The number of allylic oxidation sites excluding steroid dienone is 1. The van der Waals surface area contributed by atoms with Crippen molar-refractivity contribution in [1.82, 2.24) is 4.98 Å². The molecule has 0 aliphatic heterocycles. The smallest absolute Gasteiger partial charge is 0.0412 e. The number of aryl methyl sites for hydroxylation is 2. The topological polar surface area (TPSA) is 12.9 Å². The average Bonchev–Trinajstić information content (AvgIpc) is 2.20. The van der Waals surface area contributed by atoms with Crippen molar-refractivity contribution in [3.05, 3.63) is 35.7 Å². The third kappa shape index (κ3) is 4.78. The zero-order chi connectivity index (χ0) is 11.8. The van der Waals surface area contributed by atoms with Gasteiger partial charge in [0.25, 0.3) is 0 Å². The van der Waals surface area contributed by atoms with Gasteiger partial charge in [0.05, 0.1) is 0 Å². The normalized spacial score (nSPS) is 9.13. The van der Waals surface area contributed by atoms with Crippen LogP contribution >= 0.6 is 0 Å². The average molecular weight is 205 g/mol. The fourth-order valence-corrected chi connectivity index (χ4v) is 1.37. The van der Waals surface area contributed by atoms with Crippen molar-refractivity contribution in [3.63, 3.8) is 0 Å². The minimum absolute atomic E-state index is 1.06. The Morgan fingerprint density at radius 3 is 2.40 bits per heavy atom. The highest BCUT2D eigenvalue weighted by molar-refractivity contribution is 5.61. The lowest BCUT2D eigenvalue weighted by Crippen LogP contribution is -1.94. The van der Waals surface area contributed by atoms with Gasteiger partial charge in [0, 0.05) is 11.4 Å². The van der Waals surface area contributed by atoms with Gasteiger partial charge in [0.15, 0.2) is 0 Å². The second-order valence-electron chi connectivity index (χ2n) is 3.52. The molecule has 1 nitrogen and oxygen atoms in total. The van der Waals surface area contributed by atoms with Crippen LogP contribution in [-0.4, -0.2) is 4.98 Å². The number of rotatable bonds is 3. The van der Waals surface area contributed by atoms with E-state index in [2.05, 4.69) is 30.6 Å². The van der Waals surface area contributed by atoms with E-state index in [-0.39, 0.29) is 0 Å². The molecule has 1 aromatic rings. The summed E-state index contributed by atoms with van der Waals surface area (Å²) in [6, 6.07) is 4.22. The van der Waals surface area contributed by atoms with Crippen LogP contribution in [-0.2, 0) is 6.42 Å². The summed E-state index contributed by atoms with van der Waals surface area (Å²) in [7, 11) is 0. The van der Waals surface area contributed by atoms with Crippen molar-refractivity contribution in [3.8, 4) is 0 Å².